The molecule has 0 saturated heterocycles. The van der Waals surface area contributed by atoms with E-state index < -0.39 is 6.04 Å². The summed E-state index contributed by atoms with van der Waals surface area (Å²) in [5, 5.41) is 8.81. The predicted octanol–water partition coefficient (Wildman–Crippen LogP) is 4.73. The van der Waals surface area contributed by atoms with E-state index >= 15 is 0 Å². The zero-order valence-electron chi connectivity index (χ0n) is 15.5. The highest BCUT2D eigenvalue weighted by Gasteiger charge is 2.31. The van der Waals surface area contributed by atoms with Crippen molar-refractivity contribution in [2.45, 2.75) is 32.7 Å². The van der Waals surface area contributed by atoms with Crippen molar-refractivity contribution in [3.05, 3.63) is 76.0 Å². The van der Waals surface area contributed by atoms with E-state index in [1.165, 1.54) is 5.56 Å². The fourth-order valence-corrected chi connectivity index (χ4v) is 3.25. The number of nitrogens with one attached hydrogen (secondary N) is 3. The van der Waals surface area contributed by atoms with E-state index in [0.717, 1.165) is 5.56 Å². The van der Waals surface area contributed by atoms with Crippen molar-refractivity contribution in [3.63, 3.8) is 0 Å². The largest absolute Gasteiger partial charge is 0.327 e. The topological polar surface area (TPSA) is 70.2 Å². The summed E-state index contributed by atoms with van der Waals surface area (Å²) in [6.07, 6.45) is 0. The van der Waals surface area contributed by atoms with Crippen LogP contribution in [-0.2, 0) is 4.79 Å². The van der Waals surface area contributed by atoms with Crippen molar-refractivity contribution in [2.24, 2.45) is 0 Å². The van der Waals surface area contributed by atoms with Crippen LogP contribution in [0.25, 0.3) is 0 Å². The average Bonchev–Trinajstić information content (AvgIpc) is 2.63. The number of halogens is 1. The lowest BCUT2D eigenvalue weighted by Gasteiger charge is -2.29. The summed E-state index contributed by atoms with van der Waals surface area (Å²) in [4.78, 5) is 25.0. The zero-order chi connectivity index (χ0) is 19.6. The number of allylic oxidation sites excluding steroid dienone is 1. The molecule has 0 fully saturated rings. The van der Waals surface area contributed by atoms with Gasteiger partial charge in [-0.25, -0.2) is 4.79 Å². The molecule has 0 unspecified atom stereocenters. The molecule has 140 valence electrons. The lowest BCUT2D eigenvalue weighted by Crippen LogP contribution is -2.46. The van der Waals surface area contributed by atoms with Crippen LogP contribution >= 0.6 is 11.6 Å². The van der Waals surface area contributed by atoms with Gasteiger partial charge in [0.1, 0.15) is 0 Å². The molecule has 2 aromatic rings. The average molecular weight is 384 g/mol. The molecule has 27 heavy (non-hydrogen) atoms. The Balaban J connectivity index is 1.94. The molecule has 3 rings (SSSR count). The Hall–Kier alpha value is -2.79. The number of rotatable bonds is 4. The minimum absolute atomic E-state index is 0.314. The Kier molecular flexibility index (Phi) is 5.51. The number of anilines is 1. The van der Waals surface area contributed by atoms with Crippen molar-refractivity contribution in [1.82, 2.24) is 10.6 Å². The highest BCUT2D eigenvalue weighted by molar-refractivity contribution is 6.33. The molecule has 0 aromatic heterocycles. The summed E-state index contributed by atoms with van der Waals surface area (Å²) in [6.45, 7) is 5.96. The van der Waals surface area contributed by atoms with Crippen LogP contribution in [0.4, 0.5) is 10.5 Å². The highest BCUT2D eigenvalue weighted by atomic mass is 35.5. The smallest absolute Gasteiger partial charge is 0.319 e. The fourth-order valence-electron chi connectivity index (χ4n) is 3.07. The molecular formula is C21H22ClN3O2. The van der Waals surface area contributed by atoms with Crippen LogP contribution in [0.2, 0.25) is 5.02 Å². The van der Waals surface area contributed by atoms with Crippen molar-refractivity contribution in [1.29, 1.82) is 0 Å². The lowest BCUT2D eigenvalue weighted by molar-refractivity contribution is -0.113. The highest BCUT2D eigenvalue weighted by Crippen LogP contribution is 2.30. The predicted molar refractivity (Wildman–Crippen MR) is 108 cm³/mol. The molecule has 5 nitrogen and oxygen atoms in total. The summed E-state index contributed by atoms with van der Waals surface area (Å²) >= 11 is 6.15. The zero-order valence-corrected chi connectivity index (χ0v) is 16.2. The normalized spacial score (nSPS) is 16.8. The summed E-state index contributed by atoms with van der Waals surface area (Å²) in [5.74, 6) is 0.0907. The van der Waals surface area contributed by atoms with Gasteiger partial charge in [-0.1, -0.05) is 61.8 Å². The third-order valence-electron chi connectivity index (χ3n) is 4.57. The first-order chi connectivity index (χ1) is 12.9. The van der Waals surface area contributed by atoms with Crippen LogP contribution in [0.1, 0.15) is 43.9 Å². The summed E-state index contributed by atoms with van der Waals surface area (Å²) in [6, 6.07) is 14.1. The van der Waals surface area contributed by atoms with Crippen LogP contribution in [0.15, 0.2) is 59.8 Å². The van der Waals surface area contributed by atoms with Gasteiger partial charge in [-0.2, -0.15) is 0 Å². The van der Waals surface area contributed by atoms with E-state index in [1.807, 2.05) is 24.3 Å². The maximum atomic E-state index is 13.0. The van der Waals surface area contributed by atoms with Crippen molar-refractivity contribution >= 4 is 29.2 Å². The Morgan fingerprint density at radius 3 is 2.41 bits per heavy atom. The molecule has 0 radical (unpaired) electrons. The Morgan fingerprint density at radius 1 is 1.11 bits per heavy atom. The van der Waals surface area contributed by atoms with Gasteiger partial charge in [0, 0.05) is 5.70 Å². The molecule has 1 aliphatic rings. The van der Waals surface area contributed by atoms with E-state index in [0.29, 0.717) is 27.9 Å². The van der Waals surface area contributed by atoms with Crippen LogP contribution in [0, 0.1) is 0 Å². The maximum absolute atomic E-state index is 13.0. The lowest BCUT2D eigenvalue weighted by atomic mass is 9.92. The van der Waals surface area contributed by atoms with E-state index in [2.05, 4.69) is 29.8 Å². The molecule has 0 saturated carbocycles. The molecule has 6 heteroatoms. The Bertz CT molecular complexity index is 904. The van der Waals surface area contributed by atoms with Gasteiger partial charge in [0.15, 0.2) is 0 Å². The van der Waals surface area contributed by atoms with Crippen LogP contribution in [-0.4, -0.2) is 11.9 Å². The minimum atomic E-state index is -0.539. The molecule has 0 spiro atoms. The second kappa shape index (κ2) is 7.84. The molecule has 1 aliphatic heterocycles. The second-order valence-electron chi connectivity index (χ2n) is 6.83. The van der Waals surface area contributed by atoms with Gasteiger partial charge in [-0.3, -0.25) is 4.79 Å². The molecular weight excluding hydrogens is 362 g/mol. The first-order valence-corrected chi connectivity index (χ1v) is 9.18. The van der Waals surface area contributed by atoms with Gasteiger partial charge in [-0.15, -0.1) is 0 Å². The van der Waals surface area contributed by atoms with Crippen LogP contribution in [0.5, 0.6) is 0 Å². The summed E-state index contributed by atoms with van der Waals surface area (Å²) < 4.78 is 0. The van der Waals surface area contributed by atoms with Crippen LogP contribution < -0.4 is 16.0 Å². The van der Waals surface area contributed by atoms with E-state index in [4.69, 9.17) is 11.6 Å². The van der Waals surface area contributed by atoms with Crippen molar-refractivity contribution in [2.75, 3.05) is 5.32 Å². The summed E-state index contributed by atoms with van der Waals surface area (Å²) in [5.41, 5.74) is 3.53. The first kappa shape index (κ1) is 19.0. The third kappa shape index (κ3) is 4.14. The van der Waals surface area contributed by atoms with Crippen molar-refractivity contribution in [3.8, 4) is 0 Å². The molecule has 3 N–H and O–H groups in total. The number of carbonyl (C=O) groups is 2. The van der Waals surface area contributed by atoms with Crippen LogP contribution in [0.3, 0.4) is 0 Å². The second-order valence-corrected chi connectivity index (χ2v) is 7.23. The number of hydrogen-bond acceptors (Lipinski definition) is 2. The van der Waals surface area contributed by atoms with E-state index in [-0.39, 0.29) is 11.9 Å². The van der Waals surface area contributed by atoms with Gasteiger partial charge in [-0.05, 0) is 36.1 Å². The first-order valence-electron chi connectivity index (χ1n) is 8.81. The third-order valence-corrected chi connectivity index (χ3v) is 4.90. The van der Waals surface area contributed by atoms with E-state index in [9.17, 15) is 9.59 Å². The van der Waals surface area contributed by atoms with Gasteiger partial charge in [0.25, 0.3) is 5.91 Å². The SMILES string of the molecule is CC1=C(C(=O)Nc2ccccc2Cl)[C@@H](c2ccc(C(C)C)cc2)NC(=O)N1. The summed E-state index contributed by atoms with van der Waals surface area (Å²) in [7, 11) is 0. The number of amides is 3. The number of hydrogen-bond donors (Lipinski definition) is 3. The van der Waals surface area contributed by atoms with E-state index in [1.54, 1.807) is 31.2 Å². The maximum Gasteiger partial charge on any atom is 0.319 e. The number of urea groups is 1. The molecule has 1 heterocycles. The monoisotopic (exact) mass is 383 g/mol. The minimum Gasteiger partial charge on any atom is -0.327 e. The number of benzene rings is 2. The van der Waals surface area contributed by atoms with Gasteiger partial charge < -0.3 is 16.0 Å². The number of para-hydroxylation sites is 1. The molecule has 2 aromatic carbocycles. The quantitative estimate of drug-likeness (QED) is 0.714. The molecule has 3 amide bonds. The fraction of sp³-hybridized carbons (Fsp3) is 0.238. The standard InChI is InChI=1S/C21H22ClN3O2/c1-12(2)14-8-10-15(11-9-14)19-18(13(3)23-21(27)25-19)20(26)24-17-7-5-4-6-16(17)22/h4-12,19H,1-3H3,(H,24,26)(H2,23,25,27)/t19-/m1/s1. The Morgan fingerprint density at radius 2 is 1.78 bits per heavy atom. The molecule has 0 aliphatic carbocycles. The number of carbonyl (C=O) groups excluding carboxylic acids is 2. The Labute approximate surface area is 163 Å². The van der Waals surface area contributed by atoms with Gasteiger partial charge >= 0.3 is 6.03 Å². The van der Waals surface area contributed by atoms with Crippen molar-refractivity contribution < 1.29 is 9.59 Å². The molecule has 0 bridgehead atoms. The van der Waals surface area contributed by atoms with Gasteiger partial charge in [0.05, 0.1) is 22.3 Å². The van der Waals surface area contributed by atoms with Gasteiger partial charge in [0.2, 0.25) is 0 Å². The molecule has 1 atom stereocenters.